The molecule has 0 fully saturated rings. The first-order valence-corrected chi connectivity index (χ1v) is 5.63. The predicted molar refractivity (Wildman–Crippen MR) is 63.8 cm³/mol. The molecular formula is C14H10F4O2. The Morgan fingerprint density at radius 3 is 2.20 bits per heavy atom. The third-order valence-corrected chi connectivity index (χ3v) is 2.54. The topological polar surface area (TPSA) is 29.5 Å². The zero-order chi connectivity index (χ0) is 14.8. The van der Waals surface area contributed by atoms with Gasteiger partial charge in [-0.15, -0.1) is 0 Å². The van der Waals surface area contributed by atoms with Gasteiger partial charge in [-0.2, -0.15) is 13.2 Å². The molecule has 20 heavy (non-hydrogen) atoms. The van der Waals surface area contributed by atoms with Crippen molar-refractivity contribution in [3.8, 4) is 11.5 Å². The van der Waals surface area contributed by atoms with Crippen molar-refractivity contribution in [1.82, 2.24) is 0 Å². The number of alkyl halides is 3. The van der Waals surface area contributed by atoms with Crippen molar-refractivity contribution in [2.45, 2.75) is 12.8 Å². The van der Waals surface area contributed by atoms with E-state index in [9.17, 15) is 22.7 Å². The standard InChI is InChI=1S/C14H10F4O2/c15-11-5-12(19)7-13(6-11)20-8-9-1-3-10(4-2-9)14(16,17)18/h1-7,19H,8H2. The highest BCUT2D eigenvalue weighted by Crippen LogP contribution is 2.29. The zero-order valence-corrected chi connectivity index (χ0v) is 10.1. The van der Waals surface area contributed by atoms with Gasteiger partial charge in [0.1, 0.15) is 23.9 Å². The van der Waals surface area contributed by atoms with Crippen LogP contribution >= 0.6 is 0 Å². The molecule has 0 radical (unpaired) electrons. The first kappa shape index (κ1) is 14.2. The van der Waals surface area contributed by atoms with Gasteiger partial charge in [-0.1, -0.05) is 12.1 Å². The molecule has 0 bridgehead atoms. The van der Waals surface area contributed by atoms with Crippen molar-refractivity contribution in [2.24, 2.45) is 0 Å². The number of phenols is 1. The molecule has 6 heteroatoms. The largest absolute Gasteiger partial charge is 0.508 e. The maximum absolute atomic E-state index is 13.0. The van der Waals surface area contributed by atoms with Crippen molar-refractivity contribution < 1.29 is 27.4 Å². The fourth-order valence-corrected chi connectivity index (χ4v) is 1.59. The van der Waals surface area contributed by atoms with Crippen LogP contribution in [-0.2, 0) is 12.8 Å². The lowest BCUT2D eigenvalue weighted by Crippen LogP contribution is -2.05. The summed E-state index contributed by atoms with van der Waals surface area (Å²) in [7, 11) is 0. The van der Waals surface area contributed by atoms with Crippen molar-refractivity contribution in [2.75, 3.05) is 0 Å². The second-order valence-electron chi connectivity index (χ2n) is 4.13. The van der Waals surface area contributed by atoms with E-state index in [-0.39, 0.29) is 18.1 Å². The summed E-state index contributed by atoms with van der Waals surface area (Å²) in [5, 5.41) is 9.17. The summed E-state index contributed by atoms with van der Waals surface area (Å²) < 4.78 is 55.2. The van der Waals surface area contributed by atoms with Crippen molar-refractivity contribution in [1.29, 1.82) is 0 Å². The summed E-state index contributed by atoms with van der Waals surface area (Å²) in [6.45, 7) is -0.0268. The molecule has 0 aromatic heterocycles. The summed E-state index contributed by atoms with van der Waals surface area (Å²) in [6, 6.07) is 7.66. The third kappa shape index (κ3) is 3.63. The highest BCUT2D eigenvalue weighted by atomic mass is 19.4. The molecule has 2 aromatic carbocycles. The number of rotatable bonds is 3. The minimum Gasteiger partial charge on any atom is -0.508 e. The van der Waals surface area contributed by atoms with Crippen LogP contribution in [-0.4, -0.2) is 5.11 Å². The highest BCUT2D eigenvalue weighted by Gasteiger charge is 2.29. The van der Waals surface area contributed by atoms with Crippen LogP contribution in [0.25, 0.3) is 0 Å². The molecule has 0 atom stereocenters. The van der Waals surface area contributed by atoms with Gasteiger partial charge in [0.05, 0.1) is 5.56 Å². The molecule has 106 valence electrons. The van der Waals surface area contributed by atoms with E-state index in [4.69, 9.17) is 4.74 Å². The molecule has 0 saturated carbocycles. The van der Waals surface area contributed by atoms with Gasteiger partial charge in [0, 0.05) is 18.2 Å². The van der Waals surface area contributed by atoms with Crippen LogP contribution in [0.3, 0.4) is 0 Å². The SMILES string of the molecule is Oc1cc(F)cc(OCc2ccc(C(F)(F)F)cc2)c1. The van der Waals surface area contributed by atoms with Gasteiger partial charge < -0.3 is 9.84 Å². The Labute approximate surface area is 112 Å². The molecule has 0 spiro atoms. The normalized spacial score (nSPS) is 11.4. The molecule has 0 aliphatic carbocycles. The molecule has 1 N–H and O–H groups in total. The van der Waals surface area contributed by atoms with E-state index in [0.29, 0.717) is 5.56 Å². The highest BCUT2D eigenvalue weighted by molar-refractivity contribution is 5.33. The molecule has 0 unspecified atom stereocenters. The summed E-state index contributed by atoms with van der Waals surface area (Å²) in [4.78, 5) is 0. The van der Waals surface area contributed by atoms with Crippen molar-refractivity contribution >= 4 is 0 Å². The van der Waals surface area contributed by atoms with Crippen LogP contribution in [0.4, 0.5) is 17.6 Å². The van der Waals surface area contributed by atoms with E-state index in [1.165, 1.54) is 18.2 Å². The maximum atomic E-state index is 13.0. The van der Waals surface area contributed by atoms with Crippen LogP contribution in [0.15, 0.2) is 42.5 Å². The Morgan fingerprint density at radius 2 is 1.65 bits per heavy atom. The molecule has 0 amide bonds. The average Bonchev–Trinajstić information content (AvgIpc) is 2.35. The number of hydrogen-bond acceptors (Lipinski definition) is 2. The van der Waals surface area contributed by atoms with Gasteiger partial charge in [-0.05, 0) is 17.7 Å². The molecule has 0 aliphatic rings. The van der Waals surface area contributed by atoms with E-state index >= 15 is 0 Å². The van der Waals surface area contributed by atoms with Gasteiger partial charge in [0.15, 0.2) is 0 Å². The van der Waals surface area contributed by atoms with Crippen molar-refractivity contribution in [3.05, 3.63) is 59.4 Å². The number of phenolic OH excluding ortho intramolecular Hbond substituents is 1. The van der Waals surface area contributed by atoms with Crippen molar-refractivity contribution in [3.63, 3.8) is 0 Å². The number of ether oxygens (including phenoxy) is 1. The Morgan fingerprint density at radius 1 is 1.00 bits per heavy atom. The minimum absolute atomic E-state index is 0.0268. The van der Waals surface area contributed by atoms with E-state index in [1.807, 2.05) is 0 Å². The number of halogens is 4. The van der Waals surface area contributed by atoms with E-state index < -0.39 is 17.6 Å². The van der Waals surface area contributed by atoms with Crippen LogP contribution in [0.5, 0.6) is 11.5 Å². The van der Waals surface area contributed by atoms with Crippen LogP contribution < -0.4 is 4.74 Å². The summed E-state index contributed by atoms with van der Waals surface area (Å²) in [5.74, 6) is -0.845. The molecule has 2 nitrogen and oxygen atoms in total. The van der Waals surface area contributed by atoms with Gasteiger partial charge >= 0.3 is 6.18 Å². The fourth-order valence-electron chi connectivity index (χ4n) is 1.59. The zero-order valence-electron chi connectivity index (χ0n) is 10.1. The lowest BCUT2D eigenvalue weighted by molar-refractivity contribution is -0.137. The van der Waals surface area contributed by atoms with Crippen LogP contribution in [0.1, 0.15) is 11.1 Å². The fraction of sp³-hybridized carbons (Fsp3) is 0.143. The molecule has 0 heterocycles. The number of aromatic hydroxyl groups is 1. The Bertz CT molecular complexity index is 571. The molecule has 2 aromatic rings. The smallest absolute Gasteiger partial charge is 0.416 e. The average molecular weight is 286 g/mol. The Balaban J connectivity index is 2.04. The third-order valence-electron chi connectivity index (χ3n) is 2.54. The number of benzene rings is 2. The monoisotopic (exact) mass is 286 g/mol. The Hall–Kier alpha value is -2.24. The van der Waals surface area contributed by atoms with E-state index in [1.54, 1.807) is 0 Å². The summed E-state index contributed by atoms with van der Waals surface area (Å²) in [5.41, 5.74) is -0.244. The van der Waals surface area contributed by atoms with E-state index in [0.717, 1.165) is 24.3 Å². The van der Waals surface area contributed by atoms with E-state index in [2.05, 4.69) is 0 Å². The second-order valence-corrected chi connectivity index (χ2v) is 4.13. The van der Waals surface area contributed by atoms with Gasteiger partial charge in [0.2, 0.25) is 0 Å². The first-order chi connectivity index (χ1) is 9.34. The van der Waals surface area contributed by atoms with Crippen LogP contribution in [0, 0.1) is 5.82 Å². The second kappa shape index (κ2) is 5.40. The van der Waals surface area contributed by atoms with Gasteiger partial charge in [0.25, 0.3) is 0 Å². The predicted octanol–water partition coefficient (Wildman–Crippen LogP) is 4.13. The quantitative estimate of drug-likeness (QED) is 0.860. The maximum Gasteiger partial charge on any atom is 0.416 e. The first-order valence-electron chi connectivity index (χ1n) is 5.63. The lowest BCUT2D eigenvalue weighted by atomic mass is 10.1. The number of hydrogen-bond donors (Lipinski definition) is 1. The molecule has 2 rings (SSSR count). The Kier molecular flexibility index (Phi) is 3.83. The lowest BCUT2D eigenvalue weighted by Gasteiger charge is -2.09. The molecule has 0 aliphatic heterocycles. The van der Waals surface area contributed by atoms with Gasteiger partial charge in [-0.25, -0.2) is 4.39 Å². The van der Waals surface area contributed by atoms with Crippen LogP contribution in [0.2, 0.25) is 0 Å². The minimum atomic E-state index is -4.38. The molecular weight excluding hydrogens is 276 g/mol. The summed E-state index contributed by atoms with van der Waals surface area (Å²) in [6.07, 6.45) is -4.38. The molecule has 0 saturated heterocycles. The van der Waals surface area contributed by atoms with Gasteiger partial charge in [-0.3, -0.25) is 0 Å². The summed E-state index contributed by atoms with van der Waals surface area (Å²) >= 11 is 0.